The van der Waals surface area contributed by atoms with E-state index in [4.69, 9.17) is 0 Å². The molecule has 14 heavy (non-hydrogen) atoms. The van der Waals surface area contributed by atoms with Crippen molar-refractivity contribution in [3.8, 4) is 0 Å². The van der Waals surface area contributed by atoms with Gasteiger partial charge in [0.15, 0.2) is 6.29 Å². The van der Waals surface area contributed by atoms with Crippen LogP contribution in [0.1, 0.15) is 18.9 Å². The molecule has 2 rings (SSSR count). The number of fused-ring (bicyclic) bond motifs is 1. The van der Waals surface area contributed by atoms with Crippen molar-refractivity contribution in [2.75, 3.05) is 0 Å². The Morgan fingerprint density at radius 3 is 2.79 bits per heavy atom. The van der Waals surface area contributed by atoms with E-state index < -0.39 is 6.29 Å². The van der Waals surface area contributed by atoms with Crippen LogP contribution in [0.4, 0.5) is 0 Å². The van der Waals surface area contributed by atoms with E-state index in [0.717, 1.165) is 6.42 Å². The van der Waals surface area contributed by atoms with Crippen LogP contribution in [-0.4, -0.2) is 6.29 Å². The minimum Gasteiger partial charge on any atom is -0.111 e. The van der Waals surface area contributed by atoms with Crippen LogP contribution in [0, 0.1) is 0 Å². The van der Waals surface area contributed by atoms with Crippen LogP contribution in [0.25, 0.3) is 5.57 Å². The molecule has 0 N–H and O–H groups in total. The molecule has 0 fully saturated rings. The lowest BCUT2D eigenvalue weighted by Gasteiger charge is -2.02. The lowest BCUT2D eigenvalue weighted by molar-refractivity contribution is 1.24. The van der Waals surface area contributed by atoms with Crippen molar-refractivity contribution in [2.24, 2.45) is 0 Å². The molecule has 1 aliphatic rings. The van der Waals surface area contributed by atoms with E-state index in [9.17, 15) is 0 Å². The second-order valence-corrected chi connectivity index (χ2v) is 9.15. The van der Waals surface area contributed by atoms with E-state index >= 15 is 0 Å². The van der Waals surface area contributed by atoms with Gasteiger partial charge in [-0.2, -0.15) is 0 Å². The highest BCUT2D eigenvalue weighted by atomic mass is 127. The Morgan fingerprint density at radius 1 is 1.43 bits per heavy atom. The Labute approximate surface area is 99.5 Å². The lowest BCUT2D eigenvalue weighted by atomic mass is 10.0. The molecule has 1 aliphatic heterocycles. The average Bonchev–Trinajstić information content (AvgIpc) is 2.51. The standard InChI is InChI=1S/C12H13ISi/c1-3-9-10-7-5-6-8-12(10)14(13)11(9)4-2/h4-8,14H,2-3H2,1H3. The first-order valence-corrected chi connectivity index (χ1v) is 10.2. The first-order chi connectivity index (χ1) is 6.79. The Kier molecular flexibility index (Phi) is 2.92. The van der Waals surface area contributed by atoms with Gasteiger partial charge in [-0.05, 0) is 27.9 Å². The molecule has 0 radical (unpaired) electrons. The van der Waals surface area contributed by atoms with Crippen molar-refractivity contribution in [2.45, 2.75) is 13.3 Å². The zero-order chi connectivity index (χ0) is 10.1. The van der Waals surface area contributed by atoms with Crippen molar-refractivity contribution in [1.82, 2.24) is 0 Å². The van der Waals surface area contributed by atoms with Crippen molar-refractivity contribution in [3.05, 3.63) is 47.7 Å². The zero-order valence-corrected chi connectivity index (χ0v) is 11.6. The summed E-state index contributed by atoms with van der Waals surface area (Å²) in [6.07, 6.45) is 2.30. The SMILES string of the molecule is C=CC1=C(CC)c2ccccc2[SiH]1I. The van der Waals surface area contributed by atoms with Crippen molar-refractivity contribution in [3.63, 3.8) is 0 Å². The molecule has 0 aliphatic carbocycles. The van der Waals surface area contributed by atoms with Crippen molar-refractivity contribution in [1.29, 1.82) is 0 Å². The molecule has 0 amide bonds. The van der Waals surface area contributed by atoms with Crippen LogP contribution in [0.3, 0.4) is 0 Å². The molecular formula is C12H13ISi. The average molecular weight is 312 g/mol. The van der Waals surface area contributed by atoms with Gasteiger partial charge in [0, 0.05) is 0 Å². The second kappa shape index (κ2) is 4.02. The molecule has 1 atom stereocenters. The summed E-state index contributed by atoms with van der Waals surface area (Å²) in [5.74, 6) is 0. The summed E-state index contributed by atoms with van der Waals surface area (Å²) in [4.78, 5) is 0. The molecule has 1 aromatic rings. The highest BCUT2D eigenvalue weighted by Crippen LogP contribution is 2.32. The van der Waals surface area contributed by atoms with Gasteiger partial charge >= 0.3 is 0 Å². The van der Waals surface area contributed by atoms with Crippen molar-refractivity contribution >= 4 is 38.9 Å². The third-order valence-electron chi connectivity index (χ3n) is 2.75. The molecule has 2 heteroatoms. The fourth-order valence-electron chi connectivity index (χ4n) is 2.09. The maximum Gasteiger partial charge on any atom is 0.171 e. The molecule has 1 aromatic carbocycles. The molecule has 0 aromatic heterocycles. The molecular weight excluding hydrogens is 299 g/mol. The fourth-order valence-corrected chi connectivity index (χ4v) is 7.64. The zero-order valence-electron chi connectivity index (χ0n) is 8.26. The summed E-state index contributed by atoms with van der Waals surface area (Å²) < 4.78 is 0. The van der Waals surface area contributed by atoms with Crippen LogP contribution in [-0.2, 0) is 0 Å². The Hall–Kier alpha value is -0.353. The molecule has 0 saturated carbocycles. The fraction of sp³-hybridized carbons (Fsp3) is 0.167. The highest BCUT2D eigenvalue weighted by molar-refractivity contribution is 14.1. The summed E-state index contributed by atoms with van der Waals surface area (Å²) in [6, 6.07) is 8.82. The van der Waals surface area contributed by atoms with Crippen LogP contribution in [0.5, 0.6) is 0 Å². The molecule has 72 valence electrons. The van der Waals surface area contributed by atoms with Gasteiger partial charge in [-0.15, -0.1) is 21.8 Å². The summed E-state index contributed by atoms with van der Waals surface area (Å²) in [7, 11) is 0. The molecule has 0 bridgehead atoms. The highest BCUT2D eigenvalue weighted by Gasteiger charge is 2.27. The summed E-state index contributed by atoms with van der Waals surface area (Å²) >= 11 is 2.63. The Morgan fingerprint density at radius 2 is 2.14 bits per heavy atom. The smallest absolute Gasteiger partial charge is 0.111 e. The minimum atomic E-state index is -0.906. The largest absolute Gasteiger partial charge is 0.171 e. The van der Waals surface area contributed by atoms with Gasteiger partial charge in [-0.25, -0.2) is 0 Å². The Balaban J connectivity index is 2.62. The molecule has 1 heterocycles. The van der Waals surface area contributed by atoms with Gasteiger partial charge in [-0.1, -0.05) is 43.8 Å². The number of hydrogen-bond acceptors (Lipinski definition) is 0. The van der Waals surface area contributed by atoms with Crippen molar-refractivity contribution < 1.29 is 0 Å². The number of allylic oxidation sites excluding steroid dienone is 3. The lowest BCUT2D eigenvalue weighted by Crippen LogP contribution is -2.22. The maximum absolute atomic E-state index is 3.95. The first-order valence-electron chi connectivity index (χ1n) is 4.88. The quantitative estimate of drug-likeness (QED) is 0.447. The van der Waals surface area contributed by atoms with Gasteiger partial charge in [-0.3, -0.25) is 0 Å². The summed E-state index contributed by atoms with van der Waals surface area (Å²) in [5, 5.41) is 3.12. The number of halogens is 1. The number of hydrogen-bond donors (Lipinski definition) is 0. The number of benzene rings is 1. The molecule has 0 spiro atoms. The molecule has 0 nitrogen and oxygen atoms in total. The van der Waals surface area contributed by atoms with Gasteiger partial charge < -0.3 is 0 Å². The van der Waals surface area contributed by atoms with E-state index in [0.29, 0.717) is 0 Å². The molecule has 1 unspecified atom stereocenters. The van der Waals surface area contributed by atoms with Gasteiger partial charge in [0.05, 0.1) is 0 Å². The van der Waals surface area contributed by atoms with Crippen LogP contribution in [0.2, 0.25) is 0 Å². The van der Waals surface area contributed by atoms with E-state index in [-0.39, 0.29) is 0 Å². The normalized spacial score (nSPS) is 19.7. The van der Waals surface area contributed by atoms with E-state index in [1.807, 2.05) is 0 Å². The number of rotatable bonds is 2. The first kappa shape index (κ1) is 10.2. The monoisotopic (exact) mass is 312 g/mol. The van der Waals surface area contributed by atoms with Gasteiger partial charge in [0.2, 0.25) is 0 Å². The predicted molar refractivity (Wildman–Crippen MR) is 74.7 cm³/mol. The Bertz CT molecular complexity index is 407. The molecule has 0 saturated heterocycles. The minimum absolute atomic E-state index is 0.906. The third-order valence-corrected chi connectivity index (χ3v) is 8.96. The van der Waals surface area contributed by atoms with E-state index in [1.165, 1.54) is 16.3 Å². The van der Waals surface area contributed by atoms with Crippen LogP contribution >= 0.6 is 21.8 Å². The van der Waals surface area contributed by atoms with Crippen LogP contribution < -0.4 is 5.19 Å². The summed E-state index contributed by atoms with van der Waals surface area (Å²) in [6.45, 7) is 6.18. The predicted octanol–water partition coefficient (Wildman–Crippen LogP) is 2.95. The van der Waals surface area contributed by atoms with Gasteiger partial charge in [0.25, 0.3) is 0 Å². The third kappa shape index (κ3) is 1.41. The van der Waals surface area contributed by atoms with Crippen LogP contribution in [0.15, 0.2) is 42.1 Å². The second-order valence-electron chi connectivity index (χ2n) is 3.44. The van der Waals surface area contributed by atoms with E-state index in [2.05, 4.69) is 65.6 Å². The topological polar surface area (TPSA) is 0 Å². The maximum atomic E-state index is 3.95. The van der Waals surface area contributed by atoms with Gasteiger partial charge in [0.1, 0.15) is 0 Å². The van der Waals surface area contributed by atoms with E-state index in [1.54, 1.807) is 5.19 Å². The summed E-state index contributed by atoms with van der Waals surface area (Å²) in [5.41, 5.74) is 3.01.